The van der Waals surface area contributed by atoms with E-state index in [1.165, 1.54) is 32.1 Å². The lowest BCUT2D eigenvalue weighted by Crippen LogP contribution is -2.50. The molecule has 2 heterocycles. The Balaban J connectivity index is 0.00000320. The number of hydrogen-bond donors (Lipinski definition) is 2. The van der Waals surface area contributed by atoms with Gasteiger partial charge in [0.15, 0.2) is 5.96 Å². The number of anilines is 1. The van der Waals surface area contributed by atoms with Gasteiger partial charge in [-0.15, -0.1) is 24.0 Å². The van der Waals surface area contributed by atoms with Crippen molar-refractivity contribution < 1.29 is 4.79 Å². The number of piperidine rings is 1. The van der Waals surface area contributed by atoms with E-state index < -0.39 is 0 Å². The predicted octanol–water partition coefficient (Wildman–Crippen LogP) is 2.27. The Labute approximate surface area is 197 Å². The second-order valence-electron chi connectivity index (χ2n) is 8.29. The van der Waals surface area contributed by atoms with Crippen LogP contribution < -0.4 is 15.5 Å². The molecule has 1 aromatic heterocycles. The lowest BCUT2D eigenvalue weighted by molar-refractivity contribution is -0.127. The summed E-state index contributed by atoms with van der Waals surface area (Å²) in [6.45, 7) is 2.92. The summed E-state index contributed by atoms with van der Waals surface area (Å²) in [5, 5.41) is 7.07. The number of rotatable bonds is 6. The molecule has 30 heavy (non-hydrogen) atoms. The van der Waals surface area contributed by atoms with Gasteiger partial charge in [-0.25, -0.2) is 15.0 Å². The summed E-state index contributed by atoms with van der Waals surface area (Å²) < 4.78 is 0. The Morgan fingerprint density at radius 1 is 1.13 bits per heavy atom. The first kappa shape index (κ1) is 24.6. The van der Waals surface area contributed by atoms with Crippen LogP contribution in [0.4, 0.5) is 5.95 Å². The van der Waals surface area contributed by atoms with E-state index in [1.807, 2.05) is 6.07 Å². The van der Waals surface area contributed by atoms with E-state index in [4.69, 9.17) is 0 Å². The highest BCUT2D eigenvalue weighted by atomic mass is 127. The molecule has 2 aliphatic rings. The number of halogens is 1. The Hall–Kier alpha value is -1.65. The van der Waals surface area contributed by atoms with Crippen molar-refractivity contribution in [3.63, 3.8) is 0 Å². The van der Waals surface area contributed by atoms with Crippen LogP contribution in [0.15, 0.2) is 23.5 Å². The zero-order valence-corrected chi connectivity index (χ0v) is 20.5. The molecule has 168 valence electrons. The van der Waals surface area contributed by atoms with Crippen LogP contribution in [0.1, 0.15) is 44.9 Å². The molecule has 1 aliphatic heterocycles. The van der Waals surface area contributed by atoms with Crippen LogP contribution in [0.2, 0.25) is 0 Å². The summed E-state index contributed by atoms with van der Waals surface area (Å²) in [5.41, 5.74) is 0. The highest BCUT2D eigenvalue weighted by Crippen LogP contribution is 2.22. The number of hydrogen-bond acceptors (Lipinski definition) is 5. The molecular weight excluding hydrogens is 493 g/mol. The zero-order valence-electron chi connectivity index (χ0n) is 18.2. The van der Waals surface area contributed by atoms with Gasteiger partial charge in [-0.3, -0.25) is 4.79 Å². The molecule has 1 aromatic rings. The zero-order chi connectivity index (χ0) is 20.5. The minimum atomic E-state index is 0. The third kappa shape index (κ3) is 7.88. The van der Waals surface area contributed by atoms with E-state index in [0.717, 1.165) is 44.4 Å². The number of guanidine groups is 1. The van der Waals surface area contributed by atoms with Crippen LogP contribution in [0.3, 0.4) is 0 Å². The maximum atomic E-state index is 12.0. The van der Waals surface area contributed by atoms with Crippen molar-refractivity contribution >= 4 is 41.8 Å². The molecular formula is C21H36IN7O. The van der Waals surface area contributed by atoms with Crippen molar-refractivity contribution in [2.45, 2.75) is 51.0 Å². The van der Waals surface area contributed by atoms with Gasteiger partial charge in [0.05, 0.1) is 0 Å². The fraction of sp³-hybridized carbons (Fsp3) is 0.714. The SMILES string of the molecule is CN(C)C(=O)CN=C(NCC1CCCCC1)NC1CCN(c2ncccn2)CC1.I. The summed E-state index contributed by atoms with van der Waals surface area (Å²) in [7, 11) is 3.53. The molecule has 3 rings (SSSR count). The molecule has 0 atom stereocenters. The summed E-state index contributed by atoms with van der Waals surface area (Å²) >= 11 is 0. The standard InChI is InChI=1S/C21H35N7O.HI/c1-27(2)19(29)16-25-20(24-15-17-7-4-3-5-8-17)26-18-9-13-28(14-10-18)21-22-11-6-12-23-21;/h6,11-12,17-18H,3-5,7-10,13-16H2,1-2H3,(H2,24,25,26);1H. The summed E-state index contributed by atoms with van der Waals surface area (Å²) in [6.07, 6.45) is 12.1. The van der Waals surface area contributed by atoms with Gasteiger partial charge in [-0.2, -0.15) is 0 Å². The van der Waals surface area contributed by atoms with E-state index in [-0.39, 0.29) is 36.4 Å². The number of likely N-dealkylation sites (N-methyl/N-ethyl adjacent to an activating group) is 1. The van der Waals surface area contributed by atoms with Crippen LogP contribution in [-0.2, 0) is 4.79 Å². The molecule has 0 radical (unpaired) electrons. The number of carbonyl (C=O) groups excluding carboxylic acids is 1. The number of nitrogens with one attached hydrogen (secondary N) is 2. The summed E-state index contributed by atoms with van der Waals surface area (Å²) in [6, 6.07) is 2.18. The van der Waals surface area contributed by atoms with Gasteiger partial charge < -0.3 is 20.4 Å². The Kier molecular flexibility index (Phi) is 10.6. The minimum Gasteiger partial charge on any atom is -0.356 e. The number of carbonyl (C=O) groups is 1. The Morgan fingerprint density at radius 3 is 2.43 bits per heavy atom. The maximum Gasteiger partial charge on any atom is 0.243 e. The van der Waals surface area contributed by atoms with Crippen LogP contribution in [0.25, 0.3) is 0 Å². The third-order valence-electron chi connectivity index (χ3n) is 5.82. The quantitative estimate of drug-likeness (QED) is 0.334. The van der Waals surface area contributed by atoms with Crippen molar-refractivity contribution in [3.05, 3.63) is 18.5 Å². The van der Waals surface area contributed by atoms with E-state index in [0.29, 0.717) is 12.0 Å². The third-order valence-corrected chi connectivity index (χ3v) is 5.82. The molecule has 2 fully saturated rings. The average molecular weight is 529 g/mol. The molecule has 1 saturated heterocycles. The fourth-order valence-corrected chi connectivity index (χ4v) is 3.94. The maximum absolute atomic E-state index is 12.0. The van der Waals surface area contributed by atoms with Crippen LogP contribution >= 0.6 is 24.0 Å². The Morgan fingerprint density at radius 2 is 1.80 bits per heavy atom. The number of aliphatic imine (C=N–C) groups is 1. The molecule has 1 aliphatic carbocycles. The van der Waals surface area contributed by atoms with Gasteiger partial charge in [0.25, 0.3) is 0 Å². The van der Waals surface area contributed by atoms with Crippen LogP contribution in [-0.4, -0.2) is 73.1 Å². The minimum absolute atomic E-state index is 0. The Bertz CT molecular complexity index is 657. The van der Waals surface area contributed by atoms with Crippen molar-refractivity contribution in [1.82, 2.24) is 25.5 Å². The summed E-state index contributed by atoms with van der Waals surface area (Å²) in [4.78, 5) is 29.1. The predicted molar refractivity (Wildman–Crippen MR) is 131 cm³/mol. The molecule has 0 unspecified atom stereocenters. The summed E-state index contributed by atoms with van der Waals surface area (Å²) in [5.74, 6) is 2.28. The number of nitrogens with zero attached hydrogens (tertiary/aromatic N) is 5. The molecule has 8 nitrogen and oxygen atoms in total. The molecule has 9 heteroatoms. The second-order valence-corrected chi connectivity index (χ2v) is 8.29. The van der Waals surface area contributed by atoms with Gasteiger partial charge in [0.2, 0.25) is 11.9 Å². The average Bonchev–Trinajstić information content (AvgIpc) is 2.77. The topological polar surface area (TPSA) is 85.8 Å². The van der Waals surface area contributed by atoms with Crippen molar-refractivity contribution in [2.24, 2.45) is 10.9 Å². The molecule has 1 saturated carbocycles. The van der Waals surface area contributed by atoms with E-state index in [2.05, 4.69) is 30.5 Å². The van der Waals surface area contributed by atoms with Crippen molar-refractivity contribution in [3.8, 4) is 0 Å². The smallest absolute Gasteiger partial charge is 0.243 e. The molecule has 2 N–H and O–H groups in total. The van der Waals surface area contributed by atoms with Gasteiger partial charge >= 0.3 is 0 Å². The lowest BCUT2D eigenvalue weighted by Gasteiger charge is -2.33. The first-order valence-electron chi connectivity index (χ1n) is 10.9. The van der Waals surface area contributed by atoms with E-state index >= 15 is 0 Å². The molecule has 0 bridgehead atoms. The van der Waals surface area contributed by atoms with Crippen LogP contribution in [0.5, 0.6) is 0 Å². The monoisotopic (exact) mass is 529 g/mol. The van der Waals surface area contributed by atoms with Crippen molar-refractivity contribution in [2.75, 3.05) is 45.2 Å². The highest BCUT2D eigenvalue weighted by Gasteiger charge is 2.22. The molecule has 1 amide bonds. The first-order valence-corrected chi connectivity index (χ1v) is 10.9. The van der Waals surface area contributed by atoms with E-state index in [9.17, 15) is 4.79 Å². The number of amides is 1. The normalized spacial score (nSPS) is 18.5. The van der Waals surface area contributed by atoms with Gasteiger partial charge in [-0.05, 0) is 37.7 Å². The largest absolute Gasteiger partial charge is 0.356 e. The lowest BCUT2D eigenvalue weighted by atomic mass is 9.89. The second kappa shape index (κ2) is 12.9. The number of aromatic nitrogens is 2. The van der Waals surface area contributed by atoms with Gasteiger partial charge in [-0.1, -0.05) is 19.3 Å². The molecule has 0 spiro atoms. The van der Waals surface area contributed by atoms with Crippen molar-refractivity contribution in [1.29, 1.82) is 0 Å². The van der Waals surface area contributed by atoms with Crippen LogP contribution in [0, 0.1) is 5.92 Å². The fourth-order valence-electron chi connectivity index (χ4n) is 3.94. The van der Waals surface area contributed by atoms with Gasteiger partial charge in [0, 0.05) is 52.2 Å². The first-order chi connectivity index (χ1) is 14.1. The molecule has 0 aromatic carbocycles. The highest BCUT2D eigenvalue weighted by molar-refractivity contribution is 14.0. The van der Waals surface area contributed by atoms with E-state index in [1.54, 1.807) is 31.4 Å². The van der Waals surface area contributed by atoms with Gasteiger partial charge in [0.1, 0.15) is 6.54 Å².